The van der Waals surface area contributed by atoms with Crippen molar-refractivity contribution in [3.63, 3.8) is 0 Å². The third kappa shape index (κ3) is 4.70. The summed E-state index contributed by atoms with van der Waals surface area (Å²) in [6, 6.07) is 8.95. The van der Waals surface area contributed by atoms with E-state index in [9.17, 15) is 4.79 Å². The van der Waals surface area contributed by atoms with Gasteiger partial charge in [-0.3, -0.25) is 0 Å². The van der Waals surface area contributed by atoms with Crippen molar-refractivity contribution >= 4 is 22.9 Å². The molecule has 1 N–H and O–H groups in total. The van der Waals surface area contributed by atoms with Crippen molar-refractivity contribution in [3.8, 4) is 23.4 Å². The Morgan fingerprint density at radius 2 is 1.88 bits per heavy atom. The number of aromatic nitrogens is 6. The van der Waals surface area contributed by atoms with Gasteiger partial charge in [0.1, 0.15) is 17.0 Å². The van der Waals surface area contributed by atoms with Crippen molar-refractivity contribution in [2.24, 2.45) is 0 Å². The summed E-state index contributed by atoms with van der Waals surface area (Å²) in [5.41, 5.74) is 1.98. The molecule has 4 aromatic rings. The first-order chi connectivity index (χ1) is 15.3. The molecule has 0 bridgehead atoms. The van der Waals surface area contributed by atoms with Gasteiger partial charge in [-0.2, -0.15) is 9.78 Å². The first-order valence-electron chi connectivity index (χ1n) is 9.90. The Balaban J connectivity index is 1.59. The van der Waals surface area contributed by atoms with E-state index in [1.165, 1.54) is 4.68 Å². The van der Waals surface area contributed by atoms with Crippen LogP contribution in [0, 0.1) is 11.8 Å². The maximum Gasteiger partial charge on any atom is 0.435 e. The Morgan fingerprint density at radius 3 is 2.66 bits per heavy atom. The number of ether oxygens (including phenoxy) is 1. The molecule has 160 valence electrons. The van der Waals surface area contributed by atoms with Crippen molar-refractivity contribution in [2.45, 2.75) is 26.4 Å². The van der Waals surface area contributed by atoms with Gasteiger partial charge in [0.15, 0.2) is 5.82 Å². The minimum Gasteiger partial charge on any atom is -0.442 e. The average Bonchev–Trinajstić information content (AvgIpc) is 3.20. The fourth-order valence-corrected chi connectivity index (χ4v) is 2.85. The van der Waals surface area contributed by atoms with E-state index in [2.05, 4.69) is 42.2 Å². The lowest BCUT2D eigenvalue weighted by molar-refractivity contribution is 0.0522. The van der Waals surface area contributed by atoms with Crippen molar-refractivity contribution in [1.29, 1.82) is 0 Å². The minimum absolute atomic E-state index is 0.463. The molecule has 0 saturated heterocycles. The van der Waals surface area contributed by atoms with Crippen LogP contribution in [0.2, 0.25) is 0 Å². The lowest BCUT2D eigenvalue weighted by Crippen LogP contribution is -2.27. The Morgan fingerprint density at radius 1 is 1.06 bits per heavy atom. The van der Waals surface area contributed by atoms with Crippen LogP contribution in [0.1, 0.15) is 32.0 Å². The van der Waals surface area contributed by atoms with Gasteiger partial charge in [0.05, 0.1) is 11.7 Å². The van der Waals surface area contributed by atoms with Crippen LogP contribution in [0.15, 0.2) is 48.9 Å². The molecule has 0 radical (unpaired) electrons. The van der Waals surface area contributed by atoms with E-state index in [-0.39, 0.29) is 0 Å². The molecule has 9 nitrogen and oxygen atoms in total. The summed E-state index contributed by atoms with van der Waals surface area (Å²) in [5.74, 6) is 7.09. The van der Waals surface area contributed by atoms with Crippen LogP contribution < -0.4 is 5.32 Å². The molecule has 4 rings (SSSR count). The molecule has 0 atom stereocenters. The lowest BCUT2D eigenvalue weighted by atomic mass is 10.1. The monoisotopic (exact) mass is 427 g/mol. The fraction of sp³-hybridized carbons (Fsp3) is 0.217. The highest BCUT2D eigenvalue weighted by Crippen LogP contribution is 2.18. The Kier molecular flexibility index (Phi) is 5.52. The fourth-order valence-electron chi connectivity index (χ4n) is 2.85. The molecule has 3 heterocycles. The second kappa shape index (κ2) is 8.43. The van der Waals surface area contributed by atoms with Gasteiger partial charge >= 0.3 is 6.09 Å². The molecule has 0 aliphatic carbocycles. The van der Waals surface area contributed by atoms with E-state index in [1.54, 1.807) is 43.8 Å². The number of fused-ring (bicyclic) bond motifs is 1. The molecule has 1 aromatic carbocycles. The number of anilines is 1. The summed E-state index contributed by atoms with van der Waals surface area (Å²) in [6.45, 7) is 5.44. The molecule has 0 saturated carbocycles. The van der Waals surface area contributed by atoms with Crippen molar-refractivity contribution in [1.82, 2.24) is 29.7 Å². The third-order valence-corrected chi connectivity index (χ3v) is 4.23. The second-order valence-corrected chi connectivity index (χ2v) is 7.84. The zero-order valence-corrected chi connectivity index (χ0v) is 18.1. The predicted molar refractivity (Wildman–Crippen MR) is 120 cm³/mol. The molecular weight excluding hydrogens is 406 g/mol. The third-order valence-electron chi connectivity index (χ3n) is 4.23. The van der Waals surface area contributed by atoms with Gasteiger partial charge in [-0.15, -0.1) is 0 Å². The van der Waals surface area contributed by atoms with Crippen LogP contribution in [0.4, 0.5) is 10.7 Å². The molecule has 0 spiro atoms. The van der Waals surface area contributed by atoms with E-state index >= 15 is 0 Å². The van der Waals surface area contributed by atoms with Crippen LogP contribution >= 0.6 is 0 Å². The summed E-state index contributed by atoms with van der Waals surface area (Å²) < 4.78 is 6.64. The summed E-state index contributed by atoms with van der Waals surface area (Å²) in [5, 5.41) is 7.83. The highest BCUT2D eigenvalue weighted by atomic mass is 16.6. The van der Waals surface area contributed by atoms with E-state index in [1.807, 2.05) is 32.9 Å². The van der Waals surface area contributed by atoms with Crippen molar-refractivity contribution < 1.29 is 9.53 Å². The van der Waals surface area contributed by atoms with Crippen molar-refractivity contribution in [2.75, 3.05) is 12.4 Å². The number of nitrogens with zero attached hydrogens (tertiary/aromatic N) is 6. The van der Waals surface area contributed by atoms with Gasteiger partial charge in [-0.25, -0.2) is 24.7 Å². The molecule has 0 amide bonds. The van der Waals surface area contributed by atoms with Crippen LogP contribution in [0.3, 0.4) is 0 Å². The smallest absolute Gasteiger partial charge is 0.435 e. The molecular formula is C23H21N7O2. The van der Waals surface area contributed by atoms with Gasteiger partial charge in [-0.05, 0) is 57.0 Å². The first kappa shape index (κ1) is 20.9. The number of rotatable bonds is 2. The number of hydrogen-bond acceptors (Lipinski definition) is 8. The lowest BCUT2D eigenvalue weighted by Gasteiger charge is -2.19. The molecule has 0 aliphatic heterocycles. The van der Waals surface area contributed by atoms with Crippen molar-refractivity contribution in [3.05, 3.63) is 60.2 Å². The summed E-state index contributed by atoms with van der Waals surface area (Å²) in [6.07, 6.45) is 4.37. The van der Waals surface area contributed by atoms with Crippen LogP contribution in [-0.4, -0.2) is 48.5 Å². The summed E-state index contributed by atoms with van der Waals surface area (Å²) in [7, 11) is 1.75. The molecule has 0 aliphatic rings. The Labute approximate surface area is 184 Å². The molecule has 3 aromatic heterocycles. The number of nitrogens with one attached hydrogen (secondary N) is 1. The topological polar surface area (TPSA) is 108 Å². The van der Waals surface area contributed by atoms with Gasteiger partial charge in [0.2, 0.25) is 5.95 Å². The maximum absolute atomic E-state index is 12.3. The van der Waals surface area contributed by atoms with Gasteiger partial charge in [-0.1, -0.05) is 5.92 Å². The van der Waals surface area contributed by atoms with E-state index in [0.29, 0.717) is 28.7 Å². The van der Waals surface area contributed by atoms with E-state index in [4.69, 9.17) is 4.74 Å². The largest absolute Gasteiger partial charge is 0.442 e. The zero-order chi connectivity index (χ0) is 22.7. The molecule has 9 heteroatoms. The number of hydrogen-bond donors (Lipinski definition) is 1. The summed E-state index contributed by atoms with van der Waals surface area (Å²) >= 11 is 0. The normalized spacial score (nSPS) is 11.0. The zero-order valence-electron chi connectivity index (χ0n) is 18.1. The standard InChI is InChI=1S/C23H21N7O2/c1-23(2,3)32-22(31)30-19-8-6-15(13-16(19)14-27-30)5-7-17-9-11-25-20(28-17)18-10-12-26-21(24-4)29-18/h6,8-14H,1-4H3,(H,24,26,29). The predicted octanol–water partition coefficient (Wildman–Crippen LogP) is 3.51. The second-order valence-electron chi connectivity index (χ2n) is 7.84. The number of benzene rings is 1. The SMILES string of the molecule is CNc1nccc(-c2nccc(C#Cc3ccc4c(cnn4C(=O)OC(C)(C)C)c3)n2)n1. The number of carbonyl (C=O) groups is 1. The first-order valence-corrected chi connectivity index (χ1v) is 9.90. The maximum atomic E-state index is 12.3. The minimum atomic E-state index is -0.600. The Hall–Kier alpha value is -4.32. The number of carbonyl (C=O) groups excluding carboxylic acids is 1. The quantitative estimate of drug-likeness (QED) is 0.484. The van der Waals surface area contributed by atoms with Crippen LogP contribution in [0.25, 0.3) is 22.4 Å². The van der Waals surface area contributed by atoms with Crippen LogP contribution in [-0.2, 0) is 4.74 Å². The van der Waals surface area contributed by atoms with E-state index < -0.39 is 11.7 Å². The molecule has 0 unspecified atom stereocenters. The van der Waals surface area contributed by atoms with Gasteiger partial charge in [0, 0.05) is 30.4 Å². The Bertz CT molecular complexity index is 1360. The molecule has 32 heavy (non-hydrogen) atoms. The highest BCUT2D eigenvalue weighted by Gasteiger charge is 2.20. The van der Waals surface area contributed by atoms with Gasteiger partial charge in [0.25, 0.3) is 0 Å². The summed E-state index contributed by atoms with van der Waals surface area (Å²) in [4.78, 5) is 29.5. The van der Waals surface area contributed by atoms with Crippen LogP contribution in [0.5, 0.6) is 0 Å². The molecule has 0 fully saturated rings. The average molecular weight is 427 g/mol. The van der Waals surface area contributed by atoms with E-state index in [0.717, 1.165) is 10.9 Å². The van der Waals surface area contributed by atoms with Gasteiger partial charge < -0.3 is 10.1 Å². The highest BCUT2D eigenvalue weighted by molar-refractivity contribution is 5.88.